The Morgan fingerprint density at radius 2 is 1.89 bits per heavy atom. The van der Waals surface area contributed by atoms with Crippen molar-refractivity contribution in [1.82, 2.24) is 4.98 Å². The maximum Gasteiger partial charge on any atom is 0.258 e. The molecule has 0 saturated heterocycles. The minimum atomic E-state index is -0.404. The summed E-state index contributed by atoms with van der Waals surface area (Å²) in [6, 6.07) is 6.52. The van der Waals surface area contributed by atoms with Crippen LogP contribution in [0.2, 0.25) is 15.2 Å². The van der Waals surface area contributed by atoms with E-state index in [0.29, 0.717) is 15.2 Å². The third-order valence-electron chi connectivity index (χ3n) is 2.29. The van der Waals surface area contributed by atoms with E-state index >= 15 is 0 Å². The highest BCUT2D eigenvalue weighted by atomic mass is 79.9. The van der Waals surface area contributed by atoms with E-state index in [-0.39, 0.29) is 15.7 Å². The molecule has 7 heteroatoms. The second kappa shape index (κ2) is 6.09. The lowest BCUT2D eigenvalue weighted by Gasteiger charge is -2.09. The molecule has 19 heavy (non-hydrogen) atoms. The van der Waals surface area contributed by atoms with Gasteiger partial charge in [-0.15, -0.1) is 0 Å². The first-order valence-corrected chi connectivity index (χ1v) is 6.98. The van der Waals surface area contributed by atoms with Gasteiger partial charge in [0, 0.05) is 10.7 Å². The van der Waals surface area contributed by atoms with Gasteiger partial charge in [-0.3, -0.25) is 4.79 Å². The van der Waals surface area contributed by atoms with Gasteiger partial charge in [-0.05, 0) is 40.2 Å². The molecule has 2 rings (SSSR count). The molecule has 1 aromatic carbocycles. The van der Waals surface area contributed by atoms with Crippen LogP contribution in [-0.4, -0.2) is 10.9 Å². The van der Waals surface area contributed by atoms with Crippen LogP contribution < -0.4 is 5.32 Å². The van der Waals surface area contributed by atoms with E-state index < -0.39 is 5.91 Å². The van der Waals surface area contributed by atoms with Crippen molar-refractivity contribution in [2.75, 3.05) is 5.32 Å². The summed E-state index contributed by atoms with van der Waals surface area (Å²) in [5, 5.41) is 3.34. The van der Waals surface area contributed by atoms with Crippen LogP contribution in [0.3, 0.4) is 0 Å². The number of anilines is 1. The van der Waals surface area contributed by atoms with Gasteiger partial charge < -0.3 is 5.32 Å². The summed E-state index contributed by atoms with van der Waals surface area (Å²) in [5.41, 5.74) is 0.666. The van der Waals surface area contributed by atoms with E-state index in [1.807, 2.05) is 0 Å². The van der Waals surface area contributed by atoms with Crippen molar-refractivity contribution >= 4 is 62.3 Å². The number of carbonyl (C=O) groups excluding carboxylic acids is 1. The molecule has 1 N–H and O–H groups in total. The number of pyridine rings is 1. The number of carbonyl (C=O) groups is 1. The summed E-state index contributed by atoms with van der Waals surface area (Å²) in [4.78, 5) is 15.9. The van der Waals surface area contributed by atoms with Crippen molar-refractivity contribution < 1.29 is 4.79 Å². The summed E-state index contributed by atoms with van der Waals surface area (Å²) in [7, 11) is 0. The van der Waals surface area contributed by atoms with Crippen LogP contribution in [0, 0.1) is 0 Å². The van der Waals surface area contributed by atoms with Crippen LogP contribution in [0.25, 0.3) is 0 Å². The molecule has 1 heterocycles. The number of nitrogens with one attached hydrogen (secondary N) is 1. The van der Waals surface area contributed by atoms with Crippen molar-refractivity contribution in [3.8, 4) is 0 Å². The molecular formula is C12H6BrCl3N2O. The van der Waals surface area contributed by atoms with Crippen molar-refractivity contribution in [3.05, 3.63) is 55.7 Å². The van der Waals surface area contributed by atoms with Gasteiger partial charge in [-0.2, -0.15) is 0 Å². The molecule has 0 bridgehead atoms. The molecule has 98 valence electrons. The number of nitrogens with zero attached hydrogens (tertiary/aromatic N) is 1. The van der Waals surface area contributed by atoms with Crippen LogP contribution in [0.15, 0.2) is 34.9 Å². The number of halogens is 4. The number of hydrogen-bond donors (Lipinski definition) is 1. The quantitative estimate of drug-likeness (QED) is 0.585. The van der Waals surface area contributed by atoms with Crippen molar-refractivity contribution in [1.29, 1.82) is 0 Å². The number of amides is 1. The zero-order valence-electron chi connectivity index (χ0n) is 9.25. The summed E-state index contributed by atoms with van der Waals surface area (Å²) in [6.07, 6.45) is 1.50. The third-order valence-corrected chi connectivity index (χ3v) is 4.36. The first-order chi connectivity index (χ1) is 9.00. The Balaban J connectivity index is 2.30. The maximum atomic E-state index is 12.0. The van der Waals surface area contributed by atoms with Gasteiger partial charge in [0.2, 0.25) is 0 Å². The fourth-order valence-corrected chi connectivity index (χ4v) is 2.39. The Bertz CT molecular complexity index is 649. The van der Waals surface area contributed by atoms with Crippen molar-refractivity contribution in [2.45, 2.75) is 0 Å². The Kier molecular flexibility index (Phi) is 4.68. The van der Waals surface area contributed by atoms with Gasteiger partial charge >= 0.3 is 0 Å². The lowest BCUT2D eigenvalue weighted by atomic mass is 10.2. The fraction of sp³-hybridized carbons (Fsp3) is 0. The summed E-state index contributed by atoms with van der Waals surface area (Å²) < 4.78 is 0.650. The molecule has 0 spiro atoms. The number of rotatable bonds is 2. The molecule has 0 saturated carbocycles. The molecule has 0 aliphatic heterocycles. The molecule has 1 aromatic heterocycles. The second-order valence-corrected chi connectivity index (χ2v) is 5.49. The Morgan fingerprint density at radius 1 is 1.16 bits per heavy atom. The monoisotopic (exact) mass is 378 g/mol. The molecular weight excluding hydrogens is 374 g/mol. The van der Waals surface area contributed by atoms with Crippen molar-refractivity contribution in [3.63, 3.8) is 0 Å². The largest absolute Gasteiger partial charge is 0.320 e. The Labute approximate surface area is 133 Å². The van der Waals surface area contributed by atoms with E-state index in [1.54, 1.807) is 24.3 Å². The highest BCUT2D eigenvalue weighted by molar-refractivity contribution is 9.10. The van der Waals surface area contributed by atoms with Gasteiger partial charge in [0.1, 0.15) is 5.15 Å². The topological polar surface area (TPSA) is 42.0 Å². The summed E-state index contributed by atoms with van der Waals surface area (Å²) in [6.45, 7) is 0. The SMILES string of the molecule is O=C(Nc1ccc(Br)c(Cl)c1Cl)c1cccnc1Cl. The number of hydrogen-bond acceptors (Lipinski definition) is 2. The predicted octanol–water partition coefficient (Wildman–Crippen LogP) is 5.06. The lowest BCUT2D eigenvalue weighted by molar-refractivity contribution is 0.102. The molecule has 0 aliphatic carbocycles. The van der Waals surface area contributed by atoms with Gasteiger partial charge in [-0.1, -0.05) is 34.8 Å². The van der Waals surface area contributed by atoms with Crippen LogP contribution >= 0.6 is 50.7 Å². The maximum absolute atomic E-state index is 12.0. The number of aromatic nitrogens is 1. The van der Waals surface area contributed by atoms with Crippen LogP contribution in [0.4, 0.5) is 5.69 Å². The van der Waals surface area contributed by atoms with Gasteiger partial charge in [0.25, 0.3) is 5.91 Å². The van der Waals surface area contributed by atoms with Gasteiger partial charge in [0.15, 0.2) is 0 Å². The molecule has 0 fully saturated rings. The van der Waals surface area contributed by atoms with E-state index in [2.05, 4.69) is 26.2 Å². The molecule has 0 atom stereocenters. The molecule has 2 aromatic rings. The van der Waals surface area contributed by atoms with E-state index in [0.717, 1.165) is 0 Å². The lowest BCUT2D eigenvalue weighted by Crippen LogP contribution is -2.13. The zero-order valence-corrected chi connectivity index (χ0v) is 13.1. The Hall–Kier alpha value is -0.810. The first kappa shape index (κ1) is 14.6. The zero-order chi connectivity index (χ0) is 14.0. The summed E-state index contributed by atoms with van der Waals surface area (Å²) >= 11 is 21.1. The third kappa shape index (κ3) is 3.20. The normalized spacial score (nSPS) is 10.3. The number of benzene rings is 1. The highest BCUT2D eigenvalue weighted by Crippen LogP contribution is 2.36. The van der Waals surface area contributed by atoms with Crippen LogP contribution in [0.1, 0.15) is 10.4 Å². The second-order valence-electron chi connectivity index (χ2n) is 3.52. The average molecular weight is 380 g/mol. The first-order valence-electron chi connectivity index (χ1n) is 5.06. The Morgan fingerprint density at radius 3 is 2.58 bits per heavy atom. The minimum Gasteiger partial charge on any atom is -0.320 e. The van der Waals surface area contributed by atoms with Crippen LogP contribution in [0.5, 0.6) is 0 Å². The molecule has 3 nitrogen and oxygen atoms in total. The summed E-state index contributed by atoms with van der Waals surface area (Å²) in [5.74, 6) is -0.404. The molecule has 0 aliphatic rings. The van der Waals surface area contributed by atoms with E-state index in [1.165, 1.54) is 6.20 Å². The molecule has 0 unspecified atom stereocenters. The molecule has 1 amide bonds. The fourth-order valence-electron chi connectivity index (χ4n) is 1.37. The standard InChI is InChI=1S/C12H6BrCl3N2O/c13-7-3-4-8(10(15)9(7)14)18-12(19)6-2-1-5-17-11(6)16/h1-5H,(H,18,19). The molecule has 0 radical (unpaired) electrons. The van der Waals surface area contributed by atoms with E-state index in [4.69, 9.17) is 34.8 Å². The van der Waals surface area contributed by atoms with Gasteiger partial charge in [-0.25, -0.2) is 4.98 Å². The van der Waals surface area contributed by atoms with Crippen molar-refractivity contribution in [2.24, 2.45) is 0 Å². The smallest absolute Gasteiger partial charge is 0.258 e. The predicted molar refractivity (Wildman–Crippen MR) is 81.4 cm³/mol. The average Bonchev–Trinajstić information content (AvgIpc) is 2.40. The highest BCUT2D eigenvalue weighted by Gasteiger charge is 2.14. The van der Waals surface area contributed by atoms with Crippen LogP contribution in [-0.2, 0) is 0 Å². The minimum absolute atomic E-state index is 0.124. The van der Waals surface area contributed by atoms with E-state index in [9.17, 15) is 4.79 Å². The van der Waals surface area contributed by atoms with Gasteiger partial charge in [0.05, 0.1) is 21.3 Å².